The van der Waals surface area contributed by atoms with E-state index in [0.717, 1.165) is 43.1 Å². The van der Waals surface area contributed by atoms with Crippen LogP contribution in [0.2, 0.25) is 5.02 Å². The Bertz CT molecular complexity index is 704. The Labute approximate surface area is 155 Å². The van der Waals surface area contributed by atoms with Crippen LogP contribution in [0.5, 0.6) is 0 Å². The Hall–Kier alpha value is -1.84. The summed E-state index contributed by atoms with van der Waals surface area (Å²) in [6.07, 6.45) is 2.01. The van der Waals surface area contributed by atoms with Crippen LogP contribution in [0.4, 0.5) is 0 Å². The fraction of sp³-hybridized carbons (Fsp3) is 0.381. The number of likely N-dealkylation sites (tertiary alicyclic amines) is 1. The van der Waals surface area contributed by atoms with Gasteiger partial charge in [-0.25, -0.2) is 0 Å². The van der Waals surface area contributed by atoms with E-state index in [-0.39, 0.29) is 17.9 Å². The van der Waals surface area contributed by atoms with Crippen molar-refractivity contribution in [2.45, 2.75) is 32.4 Å². The number of hydrogen-bond donors (Lipinski definition) is 1. The summed E-state index contributed by atoms with van der Waals surface area (Å²) in [4.78, 5) is 15.0. The first-order valence-corrected chi connectivity index (χ1v) is 9.32. The Morgan fingerprint density at radius 1 is 1.24 bits per heavy atom. The van der Waals surface area contributed by atoms with E-state index in [0.29, 0.717) is 0 Å². The maximum atomic E-state index is 12.7. The van der Waals surface area contributed by atoms with Crippen LogP contribution in [0.1, 0.15) is 36.9 Å². The molecule has 1 amide bonds. The van der Waals surface area contributed by atoms with E-state index in [9.17, 15) is 4.79 Å². The maximum absolute atomic E-state index is 12.7. The second-order valence-electron chi connectivity index (χ2n) is 6.85. The first-order chi connectivity index (χ1) is 12.1. The van der Waals surface area contributed by atoms with Crippen molar-refractivity contribution >= 4 is 17.5 Å². The van der Waals surface area contributed by atoms with Crippen molar-refractivity contribution in [3.8, 4) is 0 Å². The molecule has 1 N–H and O–H groups in total. The summed E-state index contributed by atoms with van der Waals surface area (Å²) in [7, 11) is 0. The van der Waals surface area contributed by atoms with Gasteiger partial charge in [0.2, 0.25) is 5.91 Å². The number of carbonyl (C=O) groups is 1. The van der Waals surface area contributed by atoms with Gasteiger partial charge in [0.05, 0.1) is 12.0 Å². The summed E-state index contributed by atoms with van der Waals surface area (Å²) in [6, 6.07) is 18.1. The second-order valence-corrected chi connectivity index (χ2v) is 7.28. The predicted molar refractivity (Wildman–Crippen MR) is 102 cm³/mol. The van der Waals surface area contributed by atoms with E-state index >= 15 is 0 Å². The minimum Gasteiger partial charge on any atom is -0.349 e. The molecule has 0 spiro atoms. The number of hydrogen-bond acceptors (Lipinski definition) is 2. The van der Waals surface area contributed by atoms with Gasteiger partial charge in [-0.1, -0.05) is 54.1 Å². The van der Waals surface area contributed by atoms with Gasteiger partial charge in [0.15, 0.2) is 0 Å². The van der Waals surface area contributed by atoms with Gasteiger partial charge in [0.1, 0.15) is 0 Å². The molecule has 3 nitrogen and oxygen atoms in total. The lowest BCUT2D eigenvalue weighted by Gasteiger charge is -2.32. The molecule has 2 aromatic rings. The van der Waals surface area contributed by atoms with Crippen LogP contribution >= 0.6 is 11.6 Å². The molecule has 1 aliphatic rings. The Balaban J connectivity index is 1.56. The van der Waals surface area contributed by atoms with Gasteiger partial charge in [0, 0.05) is 18.1 Å². The lowest BCUT2D eigenvalue weighted by atomic mass is 9.96. The molecule has 2 aromatic carbocycles. The van der Waals surface area contributed by atoms with E-state index in [1.165, 1.54) is 5.56 Å². The van der Waals surface area contributed by atoms with E-state index < -0.39 is 0 Å². The molecule has 132 valence electrons. The van der Waals surface area contributed by atoms with Crippen LogP contribution in [-0.4, -0.2) is 23.9 Å². The zero-order chi connectivity index (χ0) is 17.6. The van der Waals surface area contributed by atoms with Crippen molar-refractivity contribution in [1.29, 1.82) is 0 Å². The molecule has 0 radical (unpaired) electrons. The largest absolute Gasteiger partial charge is 0.349 e. The molecule has 2 atom stereocenters. The molecule has 1 heterocycles. The summed E-state index contributed by atoms with van der Waals surface area (Å²) < 4.78 is 0. The predicted octanol–water partition coefficient (Wildman–Crippen LogP) is 4.43. The normalized spacial score (nSPS) is 19.4. The highest BCUT2D eigenvalue weighted by atomic mass is 35.5. The SMILES string of the molecule is CC(NC(=O)C1CCCN(Cc2cccc(Cl)c2)C1)c1ccccc1. The molecule has 1 saturated heterocycles. The molecule has 25 heavy (non-hydrogen) atoms. The summed E-state index contributed by atoms with van der Waals surface area (Å²) in [5.41, 5.74) is 2.34. The molecular formula is C21H25ClN2O. The van der Waals surface area contributed by atoms with Crippen LogP contribution in [0.3, 0.4) is 0 Å². The van der Waals surface area contributed by atoms with Crippen LogP contribution in [0.25, 0.3) is 0 Å². The van der Waals surface area contributed by atoms with E-state index in [1.54, 1.807) is 0 Å². The van der Waals surface area contributed by atoms with Crippen molar-refractivity contribution in [3.05, 3.63) is 70.7 Å². The lowest BCUT2D eigenvalue weighted by molar-refractivity contribution is -0.127. The Morgan fingerprint density at radius 2 is 2.04 bits per heavy atom. The van der Waals surface area contributed by atoms with Gasteiger partial charge in [0.25, 0.3) is 0 Å². The summed E-state index contributed by atoms with van der Waals surface area (Å²) in [5.74, 6) is 0.214. The maximum Gasteiger partial charge on any atom is 0.224 e. The highest BCUT2D eigenvalue weighted by molar-refractivity contribution is 6.30. The Morgan fingerprint density at radius 3 is 2.80 bits per heavy atom. The molecule has 0 saturated carbocycles. The van der Waals surface area contributed by atoms with Crippen molar-refractivity contribution in [1.82, 2.24) is 10.2 Å². The van der Waals surface area contributed by atoms with Gasteiger partial charge in [-0.15, -0.1) is 0 Å². The number of benzene rings is 2. The molecule has 0 bridgehead atoms. The van der Waals surface area contributed by atoms with Crippen molar-refractivity contribution in [2.24, 2.45) is 5.92 Å². The van der Waals surface area contributed by atoms with Gasteiger partial charge in [-0.3, -0.25) is 9.69 Å². The first-order valence-electron chi connectivity index (χ1n) is 8.94. The monoisotopic (exact) mass is 356 g/mol. The molecule has 0 aliphatic carbocycles. The Kier molecular flexibility index (Phi) is 6.11. The number of nitrogens with one attached hydrogen (secondary N) is 1. The quantitative estimate of drug-likeness (QED) is 0.859. The smallest absolute Gasteiger partial charge is 0.224 e. The molecule has 1 aliphatic heterocycles. The van der Waals surface area contributed by atoms with Crippen LogP contribution in [-0.2, 0) is 11.3 Å². The van der Waals surface area contributed by atoms with Crippen LogP contribution in [0, 0.1) is 5.92 Å². The highest BCUT2D eigenvalue weighted by Gasteiger charge is 2.26. The number of halogens is 1. The fourth-order valence-corrected chi connectivity index (χ4v) is 3.68. The third-order valence-electron chi connectivity index (χ3n) is 4.83. The minimum atomic E-state index is 0.0389. The van der Waals surface area contributed by atoms with Crippen LogP contribution < -0.4 is 5.32 Å². The first kappa shape index (κ1) is 18.0. The van der Waals surface area contributed by atoms with Gasteiger partial charge in [-0.2, -0.15) is 0 Å². The standard InChI is InChI=1S/C21H25ClN2O/c1-16(18-8-3-2-4-9-18)23-21(25)19-10-6-12-24(15-19)14-17-7-5-11-20(22)13-17/h2-5,7-9,11,13,16,19H,6,10,12,14-15H2,1H3,(H,23,25). The van der Waals surface area contributed by atoms with Gasteiger partial charge >= 0.3 is 0 Å². The van der Waals surface area contributed by atoms with E-state index in [1.807, 2.05) is 43.3 Å². The third kappa shape index (κ3) is 5.07. The third-order valence-corrected chi connectivity index (χ3v) is 5.06. The second kappa shape index (κ2) is 8.50. The van der Waals surface area contributed by atoms with Crippen molar-refractivity contribution in [3.63, 3.8) is 0 Å². The molecule has 2 unspecified atom stereocenters. The van der Waals surface area contributed by atoms with E-state index in [2.05, 4.69) is 28.4 Å². The summed E-state index contributed by atoms with van der Waals surface area (Å²) in [6.45, 7) is 4.72. The average molecular weight is 357 g/mol. The van der Waals surface area contributed by atoms with E-state index in [4.69, 9.17) is 11.6 Å². The van der Waals surface area contributed by atoms with Crippen molar-refractivity contribution < 1.29 is 4.79 Å². The number of rotatable bonds is 5. The highest BCUT2D eigenvalue weighted by Crippen LogP contribution is 2.21. The topological polar surface area (TPSA) is 32.3 Å². The summed E-state index contributed by atoms with van der Waals surface area (Å²) >= 11 is 6.07. The van der Waals surface area contributed by atoms with Crippen molar-refractivity contribution in [2.75, 3.05) is 13.1 Å². The minimum absolute atomic E-state index is 0.0389. The van der Waals surface area contributed by atoms with Gasteiger partial charge in [-0.05, 0) is 49.6 Å². The molecule has 3 rings (SSSR count). The molecule has 4 heteroatoms. The lowest BCUT2D eigenvalue weighted by Crippen LogP contribution is -2.43. The zero-order valence-corrected chi connectivity index (χ0v) is 15.4. The molecule has 1 fully saturated rings. The number of piperidine rings is 1. The summed E-state index contributed by atoms with van der Waals surface area (Å²) in [5, 5.41) is 3.94. The number of amides is 1. The van der Waals surface area contributed by atoms with Crippen LogP contribution in [0.15, 0.2) is 54.6 Å². The number of carbonyl (C=O) groups excluding carboxylic acids is 1. The van der Waals surface area contributed by atoms with Gasteiger partial charge < -0.3 is 5.32 Å². The average Bonchev–Trinajstić information content (AvgIpc) is 2.62. The zero-order valence-electron chi connectivity index (χ0n) is 14.6. The fourth-order valence-electron chi connectivity index (χ4n) is 3.46. The molecular weight excluding hydrogens is 332 g/mol. The molecule has 0 aromatic heterocycles. The number of nitrogens with zero attached hydrogens (tertiary/aromatic N) is 1.